The number of morpholine rings is 1. The first kappa shape index (κ1) is 22.6. The second kappa shape index (κ2) is 9.22. The molecule has 2 aliphatic rings. The summed E-state index contributed by atoms with van der Waals surface area (Å²) in [6.45, 7) is 4.88. The number of ether oxygens (including phenoxy) is 1. The van der Waals surface area contributed by atoms with Crippen molar-refractivity contribution >= 4 is 5.91 Å². The van der Waals surface area contributed by atoms with E-state index in [9.17, 15) is 18.0 Å². The average molecular weight is 475 g/mol. The van der Waals surface area contributed by atoms with Crippen LogP contribution in [0.1, 0.15) is 33.9 Å². The van der Waals surface area contributed by atoms with E-state index in [1.807, 2.05) is 0 Å². The van der Waals surface area contributed by atoms with Gasteiger partial charge >= 0.3 is 6.18 Å². The number of carbonyl (C=O) groups excluding carboxylic acids is 1. The van der Waals surface area contributed by atoms with Crippen LogP contribution in [-0.2, 0) is 30.5 Å². The zero-order valence-corrected chi connectivity index (χ0v) is 18.4. The SMILES string of the molecule is O=C(c1cc(CN2CCOCC2)on1)N1CCCn2nc(-c3cccc(C(F)(F)F)c3)cc2C1. The van der Waals surface area contributed by atoms with Gasteiger partial charge in [0.15, 0.2) is 11.5 Å². The highest BCUT2D eigenvalue weighted by Crippen LogP contribution is 2.32. The Morgan fingerprint density at radius 2 is 1.88 bits per heavy atom. The van der Waals surface area contributed by atoms with E-state index in [1.165, 1.54) is 6.07 Å². The minimum atomic E-state index is -4.42. The molecule has 180 valence electrons. The highest BCUT2D eigenvalue weighted by molar-refractivity contribution is 5.92. The fourth-order valence-corrected chi connectivity index (χ4v) is 4.26. The Morgan fingerprint density at radius 3 is 2.68 bits per heavy atom. The third-order valence-corrected chi connectivity index (χ3v) is 6.05. The smallest absolute Gasteiger partial charge is 0.379 e. The van der Waals surface area contributed by atoms with Crippen molar-refractivity contribution in [1.29, 1.82) is 0 Å². The molecular formula is C23H24F3N5O3. The number of alkyl halides is 3. The number of fused-ring (bicyclic) bond motifs is 1. The lowest BCUT2D eigenvalue weighted by atomic mass is 10.1. The summed E-state index contributed by atoms with van der Waals surface area (Å²) < 4.78 is 51.8. The van der Waals surface area contributed by atoms with Crippen molar-refractivity contribution in [2.45, 2.75) is 32.2 Å². The molecule has 0 radical (unpaired) electrons. The molecule has 0 bridgehead atoms. The van der Waals surface area contributed by atoms with Crippen molar-refractivity contribution in [3.05, 3.63) is 59.1 Å². The molecule has 0 saturated carbocycles. The first-order chi connectivity index (χ1) is 16.4. The second-order valence-corrected chi connectivity index (χ2v) is 8.47. The van der Waals surface area contributed by atoms with Gasteiger partial charge in [-0.05, 0) is 24.6 Å². The van der Waals surface area contributed by atoms with Gasteiger partial charge in [0.05, 0.1) is 43.3 Å². The van der Waals surface area contributed by atoms with Crippen molar-refractivity contribution < 1.29 is 27.2 Å². The van der Waals surface area contributed by atoms with Crippen LogP contribution in [0.3, 0.4) is 0 Å². The summed E-state index contributed by atoms with van der Waals surface area (Å²) in [5.41, 5.74) is 1.12. The van der Waals surface area contributed by atoms with Crippen LogP contribution in [0.5, 0.6) is 0 Å². The molecule has 4 heterocycles. The molecule has 5 rings (SSSR count). The van der Waals surface area contributed by atoms with E-state index in [2.05, 4.69) is 15.2 Å². The molecule has 0 N–H and O–H groups in total. The van der Waals surface area contributed by atoms with Gasteiger partial charge in [0.25, 0.3) is 5.91 Å². The largest absolute Gasteiger partial charge is 0.416 e. The van der Waals surface area contributed by atoms with Crippen LogP contribution in [0, 0.1) is 0 Å². The first-order valence-corrected chi connectivity index (χ1v) is 11.2. The Kier molecular flexibility index (Phi) is 6.13. The van der Waals surface area contributed by atoms with Crippen molar-refractivity contribution in [2.75, 3.05) is 32.8 Å². The van der Waals surface area contributed by atoms with Crippen LogP contribution in [0.25, 0.3) is 11.3 Å². The second-order valence-electron chi connectivity index (χ2n) is 8.47. The molecule has 1 amide bonds. The summed E-state index contributed by atoms with van der Waals surface area (Å²) in [7, 11) is 0. The minimum absolute atomic E-state index is 0.243. The molecule has 3 aromatic rings. The summed E-state index contributed by atoms with van der Waals surface area (Å²) >= 11 is 0. The van der Waals surface area contributed by atoms with E-state index in [0.717, 1.165) is 30.9 Å². The molecule has 34 heavy (non-hydrogen) atoms. The third kappa shape index (κ3) is 4.85. The number of hydrogen-bond donors (Lipinski definition) is 0. The zero-order chi connectivity index (χ0) is 23.7. The van der Waals surface area contributed by atoms with Crippen molar-refractivity contribution in [2.24, 2.45) is 0 Å². The van der Waals surface area contributed by atoms with Gasteiger partial charge in [-0.2, -0.15) is 18.3 Å². The monoisotopic (exact) mass is 475 g/mol. The lowest BCUT2D eigenvalue weighted by Crippen LogP contribution is -2.35. The predicted octanol–water partition coefficient (Wildman–Crippen LogP) is 3.44. The molecule has 2 aromatic heterocycles. The summed E-state index contributed by atoms with van der Waals surface area (Å²) in [6, 6.07) is 8.53. The molecule has 11 heteroatoms. The van der Waals surface area contributed by atoms with Gasteiger partial charge in [0.2, 0.25) is 0 Å². The maximum atomic E-state index is 13.1. The van der Waals surface area contributed by atoms with Crippen LogP contribution in [0.2, 0.25) is 0 Å². The maximum absolute atomic E-state index is 13.1. The Bertz CT molecular complexity index is 1170. The molecular weight excluding hydrogens is 451 g/mol. The van der Waals surface area contributed by atoms with Gasteiger partial charge in [-0.25, -0.2) is 0 Å². The first-order valence-electron chi connectivity index (χ1n) is 11.2. The summed E-state index contributed by atoms with van der Waals surface area (Å²) in [6.07, 6.45) is -3.75. The van der Waals surface area contributed by atoms with E-state index in [-0.39, 0.29) is 18.1 Å². The number of halogens is 3. The van der Waals surface area contributed by atoms with Crippen LogP contribution < -0.4 is 0 Å². The van der Waals surface area contributed by atoms with Crippen molar-refractivity contribution in [3.63, 3.8) is 0 Å². The molecule has 1 saturated heterocycles. The predicted molar refractivity (Wildman–Crippen MR) is 115 cm³/mol. The topological polar surface area (TPSA) is 76.6 Å². The van der Waals surface area contributed by atoms with Crippen LogP contribution in [-0.4, -0.2) is 63.5 Å². The Labute approximate surface area is 193 Å². The van der Waals surface area contributed by atoms with Crippen molar-refractivity contribution in [3.8, 4) is 11.3 Å². The van der Waals surface area contributed by atoms with Gasteiger partial charge in [-0.1, -0.05) is 17.3 Å². The normalized spacial score (nSPS) is 17.4. The van der Waals surface area contributed by atoms with Gasteiger partial charge < -0.3 is 14.2 Å². The zero-order valence-electron chi connectivity index (χ0n) is 18.4. The molecule has 8 nitrogen and oxygen atoms in total. The number of amides is 1. The third-order valence-electron chi connectivity index (χ3n) is 6.05. The molecule has 0 unspecified atom stereocenters. The van der Waals surface area contributed by atoms with Crippen LogP contribution in [0.4, 0.5) is 13.2 Å². The minimum Gasteiger partial charge on any atom is -0.379 e. The van der Waals surface area contributed by atoms with E-state index >= 15 is 0 Å². The number of benzene rings is 1. The van der Waals surface area contributed by atoms with E-state index in [4.69, 9.17) is 9.26 Å². The quantitative estimate of drug-likeness (QED) is 0.576. The van der Waals surface area contributed by atoms with Crippen LogP contribution in [0.15, 0.2) is 40.9 Å². The molecule has 1 aromatic carbocycles. The fourth-order valence-electron chi connectivity index (χ4n) is 4.26. The van der Waals surface area contributed by atoms with E-state index in [1.54, 1.807) is 27.8 Å². The molecule has 0 atom stereocenters. The van der Waals surface area contributed by atoms with E-state index in [0.29, 0.717) is 56.3 Å². The number of carbonyl (C=O) groups is 1. The van der Waals surface area contributed by atoms with Crippen LogP contribution >= 0.6 is 0 Å². The van der Waals surface area contributed by atoms with E-state index < -0.39 is 11.7 Å². The van der Waals surface area contributed by atoms with Gasteiger partial charge in [0, 0.05) is 37.8 Å². The molecule has 0 aliphatic carbocycles. The maximum Gasteiger partial charge on any atom is 0.416 e. The summed E-state index contributed by atoms with van der Waals surface area (Å²) in [5.74, 6) is 0.379. The van der Waals surface area contributed by atoms with Gasteiger partial charge in [0.1, 0.15) is 0 Å². The van der Waals surface area contributed by atoms with Gasteiger partial charge in [-0.15, -0.1) is 0 Å². The highest BCUT2D eigenvalue weighted by atomic mass is 19.4. The Morgan fingerprint density at radius 1 is 1.06 bits per heavy atom. The number of aromatic nitrogens is 3. The van der Waals surface area contributed by atoms with Gasteiger partial charge in [-0.3, -0.25) is 14.4 Å². The molecule has 1 fully saturated rings. The number of nitrogens with zero attached hydrogens (tertiary/aromatic N) is 5. The highest BCUT2D eigenvalue weighted by Gasteiger charge is 2.31. The standard InChI is InChI=1S/C23H24F3N5O3/c24-23(25,26)17-4-1-3-16(11-17)20-12-18-14-30(5-2-6-31(18)27-20)22(32)21-13-19(34-28-21)15-29-7-9-33-10-8-29/h1,3-4,11-13H,2,5-10,14-15H2. The Balaban J connectivity index is 1.31. The fraction of sp³-hybridized carbons (Fsp3) is 0.435. The number of aryl methyl sites for hydroxylation is 1. The lowest BCUT2D eigenvalue weighted by Gasteiger charge is -2.25. The van der Waals surface area contributed by atoms with Crippen molar-refractivity contribution in [1.82, 2.24) is 24.7 Å². The lowest BCUT2D eigenvalue weighted by molar-refractivity contribution is -0.137. The summed E-state index contributed by atoms with van der Waals surface area (Å²) in [4.78, 5) is 17.0. The summed E-state index contributed by atoms with van der Waals surface area (Å²) in [5, 5.41) is 8.48. The molecule has 2 aliphatic heterocycles. The Hall–Kier alpha value is -3.18. The molecule has 0 spiro atoms. The average Bonchev–Trinajstić information content (AvgIpc) is 3.41. The number of hydrogen-bond acceptors (Lipinski definition) is 6. The number of rotatable bonds is 4.